The minimum absolute atomic E-state index is 0.171. The predicted molar refractivity (Wildman–Crippen MR) is 60.4 cm³/mol. The van der Waals surface area contributed by atoms with Gasteiger partial charge in [-0.2, -0.15) is 13.2 Å². The van der Waals surface area contributed by atoms with Crippen LogP contribution in [-0.4, -0.2) is 32.4 Å². The van der Waals surface area contributed by atoms with Crippen molar-refractivity contribution >= 4 is 0 Å². The molecule has 0 radical (unpaired) electrons. The summed E-state index contributed by atoms with van der Waals surface area (Å²) < 4.78 is 35.3. The van der Waals surface area contributed by atoms with Gasteiger partial charge in [-0.15, -0.1) is 0 Å². The fourth-order valence-electron chi connectivity index (χ4n) is 1.02. The lowest BCUT2D eigenvalue weighted by Gasteiger charge is -2.29. The van der Waals surface area contributed by atoms with Gasteiger partial charge in [0.25, 0.3) is 0 Å². The van der Waals surface area contributed by atoms with Crippen molar-refractivity contribution in [1.29, 1.82) is 0 Å². The van der Waals surface area contributed by atoms with E-state index < -0.39 is 12.7 Å². The summed E-state index contributed by atoms with van der Waals surface area (Å²) in [6.07, 6.45) is -4.11. The van der Waals surface area contributed by atoms with Gasteiger partial charge in [0.2, 0.25) is 0 Å². The van der Waals surface area contributed by atoms with Crippen LogP contribution >= 0.6 is 0 Å². The molecule has 0 heterocycles. The van der Waals surface area contributed by atoms with Crippen LogP contribution in [0.25, 0.3) is 0 Å². The summed E-state index contributed by atoms with van der Waals surface area (Å²) in [5.74, 6) is 0.545. The molecule has 0 aromatic heterocycles. The third-order valence-electron chi connectivity index (χ3n) is 2.95. The van der Waals surface area contributed by atoms with Gasteiger partial charge in [-0.1, -0.05) is 27.7 Å². The highest BCUT2D eigenvalue weighted by atomic mass is 19.4. The summed E-state index contributed by atoms with van der Waals surface area (Å²) in [5, 5.41) is 5.52. The number of hydrogen-bond acceptors (Lipinski definition) is 2. The lowest BCUT2D eigenvalue weighted by atomic mass is 9.81. The van der Waals surface area contributed by atoms with Crippen molar-refractivity contribution in [2.24, 2.45) is 11.3 Å². The summed E-state index contributed by atoms with van der Waals surface area (Å²) in [6.45, 7) is 9.38. The van der Waals surface area contributed by atoms with Crippen molar-refractivity contribution in [3.05, 3.63) is 0 Å². The summed E-state index contributed by atoms with van der Waals surface area (Å²) in [5.41, 5.74) is 0.171. The predicted octanol–water partition coefficient (Wildman–Crippen LogP) is 2.41. The first-order valence-corrected chi connectivity index (χ1v) is 5.63. The Morgan fingerprint density at radius 1 is 0.938 bits per heavy atom. The molecule has 0 spiro atoms. The lowest BCUT2D eigenvalue weighted by Crippen LogP contribution is -2.38. The zero-order valence-electron chi connectivity index (χ0n) is 10.5. The molecule has 0 rings (SSSR count). The van der Waals surface area contributed by atoms with E-state index in [-0.39, 0.29) is 5.41 Å². The Bertz CT molecular complexity index is 188. The fraction of sp³-hybridized carbons (Fsp3) is 1.00. The molecule has 0 bridgehead atoms. The van der Waals surface area contributed by atoms with E-state index in [0.717, 1.165) is 6.54 Å². The van der Waals surface area contributed by atoms with Crippen LogP contribution in [0.15, 0.2) is 0 Å². The van der Waals surface area contributed by atoms with E-state index in [1.54, 1.807) is 0 Å². The first kappa shape index (κ1) is 15.7. The SMILES string of the molecule is CC(C)C(C)(C)CNCCNCC(F)(F)F. The average molecular weight is 240 g/mol. The van der Waals surface area contributed by atoms with Gasteiger partial charge in [-0.3, -0.25) is 0 Å². The highest BCUT2D eigenvalue weighted by molar-refractivity contribution is 4.75. The first-order chi connectivity index (χ1) is 7.15. The van der Waals surface area contributed by atoms with E-state index in [1.807, 2.05) is 0 Å². The molecular formula is C11H23F3N2. The van der Waals surface area contributed by atoms with Gasteiger partial charge in [0.05, 0.1) is 6.54 Å². The van der Waals surface area contributed by atoms with Crippen molar-refractivity contribution < 1.29 is 13.2 Å². The van der Waals surface area contributed by atoms with E-state index in [0.29, 0.717) is 19.0 Å². The van der Waals surface area contributed by atoms with Crippen LogP contribution in [0.3, 0.4) is 0 Å². The number of alkyl halides is 3. The van der Waals surface area contributed by atoms with E-state index in [1.165, 1.54) is 0 Å². The van der Waals surface area contributed by atoms with Gasteiger partial charge >= 0.3 is 6.18 Å². The van der Waals surface area contributed by atoms with Crippen molar-refractivity contribution in [3.8, 4) is 0 Å². The molecule has 2 nitrogen and oxygen atoms in total. The zero-order valence-corrected chi connectivity index (χ0v) is 10.5. The quantitative estimate of drug-likeness (QED) is 0.668. The third kappa shape index (κ3) is 7.93. The summed E-state index contributed by atoms with van der Waals surface area (Å²) in [7, 11) is 0. The molecule has 0 fully saturated rings. The normalized spacial score (nSPS) is 13.5. The van der Waals surface area contributed by atoms with Gasteiger partial charge < -0.3 is 10.6 Å². The van der Waals surface area contributed by atoms with Gasteiger partial charge in [0, 0.05) is 19.6 Å². The van der Waals surface area contributed by atoms with Crippen LogP contribution < -0.4 is 10.6 Å². The zero-order chi connectivity index (χ0) is 12.8. The number of rotatable bonds is 7. The Morgan fingerprint density at radius 3 is 1.75 bits per heavy atom. The number of nitrogens with one attached hydrogen (secondary N) is 2. The Kier molecular flexibility index (Phi) is 6.33. The maximum Gasteiger partial charge on any atom is 0.401 e. The summed E-state index contributed by atoms with van der Waals surface area (Å²) >= 11 is 0. The maximum absolute atomic E-state index is 11.8. The monoisotopic (exact) mass is 240 g/mol. The molecule has 0 unspecified atom stereocenters. The van der Waals surface area contributed by atoms with Gasteiger partial charge in [-0.05, 0) is 11.3 Å². The smallest absolute Gasteiger partial charge is 0.315 e. The van der Waals surface area contributed by atoms with E-state index in [2.05, 4.69) is 38.3 Å². The highest BCUT2D eigenvalue weighted by Gasteiger charge is 2.26. The van der Waals surface area contributed by atoms with E-state index in [9.17, 15) is 13.2 Å². The topological polar surface area (TPSA) is 24.1 Å². The van der Waals surface area contributed by atoms with Crippen molar-refractivity contribution in [2.45, 2.75) is 33.9 Å². The molecule has 0 aliphatic rings. The standard InChI is InChI=1S/C11H23F3N2/c1-9(2)10(3,4)7-15-5-6-16-8-11(12,13)14/h9,15-16H,5-8H2,1-4H3. The molecule has 2 N–H and O–H groups in total. The van der Waals surface area contributed by atoms with Crippen molar-refractivity contribution in [2.75, 3.05) is 26.2 Å². The van der Waals surface area contributed by atoms with Gasteiger partial charge in [0.15, 0.2) is 0 Å². The number of hydrogen-bond donors (Lipinski definition) is 2. The van der Waals surface area contributed by atoms with Gasteiger partial charge in [-0.25, -0.2) is 0 Å². The molecule has 0 aromatic rings. The molecule has 5 heteroatoms. The van der Waals surface area contributed by atoms with Crippen LogP contribution in [-0.2, 0) is 0 Å². The molecule has 0 amide bonds. The molecule has 0 aliphatic heterocycles. The van der Waals surface area contributed by atoms with Crippen LogP contribution in [0, 0.1) is 11.3 Å². The molecule has 0 aliphatic carbocycles. The molecule has 16 heavy (non-hydrogen) atoms. The Hall–Kier alpha value is -0.290. The van der Waals surface area contributed by atoms with E-state index >= 15 is 0 Å². The second-order valence-electron chi connectivity index (χ2n) is 5.11. The Labute approximate surface area is 96.0 Å². The van der Waals surface area contributed by atoms with Crippen LogP contribution in [0.5, 0.6) is 0 Å². The molecule has 98 valence electrons. The fourth-order valence-corrected chi connectivity index (χ4v) is 1.02. The van der Waals surface area contributed by atoms with Gasteiger partial charge in [0.1, 0.15) is 0 Å². The first-order valence-electron chi connectivity index (χ1n) is 5.63. The van der Waals surface area contributed by atoms with Crippen LogP contribution in [0.4, 0.5) is 13.2 Å². The molecular weight excluding hydrogens is 217 g/mol. The van der Waals surface area contributed by atoms with Crippen molar-refractivity contribution in [3.63, 3.8) is 0 Å². The van der Waals surface area contributed by atoms with Crippen LogP contribution in [0.1, 0.15) is 27.7 Å². The Balaban J connectivity index is 3.48. The molecule has 0 saturated heterocycles. The minimum Gasteiger partial charge on any atom is -0.315 e. The second kappa shape index (κ2) is 6.45. The number of halogens is 3. The minimum atomic E-state index is -4.11. The summed E-state index contributed by atoms with van der Waals surface area (Å²) in [4.78, 5) is 0. The largest absolute Gasteiger partial charge is 0.401 e. The maximum atomic E-state index is 11.8. The second-order valence-corrected chi connectivity index (χ2v) is 5.11. The van der Waals surface area contributed by atoms with Crippen molar-refractivity contribution in [1.82, 2.24) is 10.6 Å². The Morgan fingerprint density at radius 2 is 1.38 bits per heavy atom. The molecule has 0 atom stereocenters. The lowest BCUT2D eigenvalue weighted by molar-refractivity contribution is -0.124. The third-order valence-corrected chi connectivity index (χ3v) is 2.95. The van der Waals surface area contributed by atoms with Crippen LogP contribution in [0.2, 0.25) is 0 Å². The highest BCUT2D eigenvalue weighted by Crippen LogP contribution is 2.24. The molecule has 0 saturated carbocycles. The summed E-state index contributed by atoms with van der Waals surface area (Å²) in [6, 6.07) is 0. The van der Waals surface area contributed by atoms with E-state index in [4.69, 9.17) is 0 Å². The molecule has 0 aromatic carbocycles. The average Bonchev–Trinajstić information content (AvgIpc) is 2.09.